The number of hydrogen-bond donors (Lipinski definition) is 0. The van der Waals surface area contributed by atoms with Crippen LogP contribution in [0.4, 0.5) is 5.69 Å². The Bertz CT molecular complexity index is 576. The Kier molecular flexibility index (Phi) is 4.65. The van der Waals surface area contributed by atoms with Crippen molar-refractivity contribution in [2.75, 3.05) is 24.5 Å². The number of likely N-dealkylation sites (tertiary alicyclic amines) is 1. The van der Waals surface area contributed by atoms with Crippen molar-refractivity contribution < 1.29 is 33.6 Å². The van der Waals surface area contributed by atoms with Gasteiger partial charge in [-0.2, -0.15) is 0 Å². The number of hydrogen-bond acceptors (Lipinski definition) is 4. The monoisotopic (exact) mass is 280 g/mol. The summed E-state index contributed by atoms with van der Waals surface area (Å²) in [7, 11) is 0. The summed E-state index contributed by atoms with van der Waals surface area (Å²) in [5.74, 6) is -1.04. The Hall–Kier alpha value is -1.44. The number of carboxylic acids is 1. The van der Waals surface area contributed by atoms with Gasteiger partial charge in [0.15, 0.2) is 0 Å². The number of fused-ring (bicyclic) bond motifs is 1. The number of nitrogens with zero attached hydrogens (tertiary/aromatic N) is 2. The second-order valence-electron chi connectivity index (χ2n) is 5.48. The molecule has 1 amide bonds. The van der Waals surface area contributed by atoms with E-state index in [-0.39, 0.29) is 36.4 Å². The maximum Gasteiger partial charge on any atom is 1.00 e. The number of anilines is 1. The number of aromatic carboxylic acids is 1. The van der Waals surface area contributed by atoms with Crippen LogP contribution in [-0.4, -0.2) is 42.5 Å². The molecule has 1 aromatic rings. The average Bonchev–Trinajstić information content (AvgIpc) is 3.03. The third-order valence-electron chi connectivity index (χ3n) is 4.30. The summed E-state index contributed by atoms with van der Waals surface area (Å²) >= 11 is 0. The van der Waals surface area contributed by atoms with Crippen LogP contribution in [-0.2, 0) is 11.2 Å². The van der Waals surface area contributed by atoms with E-state index < -0.39 is 5.97 Å². The van der Waals surface area contributed by atoms with E-state index in [1.54, 1.807) is 19.1 Å². The first kappa shape index (κ1) is 15.9. The zero-order valence-electron chi connectivity index (χ0n) is 12.5. The molecule has 0 radical (unpaired) electrons. The van der Waals surface area contributed by atoms with Crippen molar-refractivity contribution >= 4 is 17.6 Å². The van der Waals surface area contributed by atoms with Gasteiger partial charge in [-0.25, -0.2) is 0 Å². The maximum atomic E-state index is 11.4. The minimum atomic E-state index is -1.14. The van der Waals surface area contributed by atoms with Crippen LogP contribution in [0, 0.1) is 0 Å². The Balaban J connectivity index is 0.00000161. The molecule has 2 aliphatic heterocycles. The summed E-state index contributed by atoms with van der Waals surface area (Å²) in [5.41, 5.74) is 2.38. The van der Waals surface area contributed by atoms with Crippen molar-refractivity contribution in [2.45, 2.75) is 25.8 Å². The minimum absolute atomic E-state index is 0. The van der Waals surface area contributed by atoms with Gasteiger partial charge in [-0.05, 0) is 30.0 Å². The fourth-order valence-electron chi connectivity index (χ4n) is 3.19. The fourth-order valence-corrected chi connectivity index (χ4v) is 3.19. The molecule has 0 bridgehead atoms. The van der Waals surface area contributed by atoms with E-state index in [2.05, 4.69) is 4.90 Å². The third kappa shape index (κ3) is 2.95. The number of carbonyl (C=O) groups is 2. The van der Waals surface area contributed by atoms with E-state index in [0.29, 0.717) is 0 Å². The predicted octanol–water partition coefficient (Wildman–Crippen LogP) is -2.96. The van der Waals surface area contributed by atoms with Crippen molar-refractivity contribution in [1.82, 2.24) is 4.90 Å². The fraction of sp³-hybridized carbons (Fsp3) is 0.467. The van der Waals surface area contributed by atoms with Gasteiger partial charge >= 0.3 is 18.9 Å². The standard InChI is InChI=1S/C15H18N2O3.Li/c1-10(18)16-6-5-13(9-16)17-7-4-11-2-3-12(15(19)20)8-14(11)17;/h2-3,8,13H,4-7,9H2,1H3,(H,19,20);/q;+1/p-1. The Labute approximate surface area is 136 Å². The van der Waals surface area contributed by atoms with Gasteiger partial charge in [0.25, 0.3) is 0 Å². The molecule has 5 nitrogen and oxygen atoms in total. The SMILES string of the molecule is CC(=O)N1CCC(N2CCc3ccc(C(=O)[O-])cc32)C1.[Li+]. The van der Waals surface area contributed by atoms with Crippen molar-refractivity contribution in [1.29, 1.82) is 0 Å². The van der Waals surface area contributed by atoms with E-state index in [1.807, 2.05) is 11.0 Å². The molecule has 3 rings (SSSR count). The molecule has 1 fully saturated rings. The summed E-state index contributed by atoms with van der Waals surface area (Å²) in [4.78, 5) is 26.5. The molecule has 1 aromatic carbocycles. The van der Waals surface area contributed by atoms with Crippen LogP contribution in [0.15, 0.2) is 18.2 Å². The maximum absolute atomic E-state index is 11.4. The van der Waals surface area contributed by atoms with E-state index in [0.717, 1.165) is 38.2 Å². The number of carboxylic acid groups (broad SMARTS) is 1. The second kappa shape index (κ2) is 6.13. The van der Waals surface area contributed by atoms with E-state index >= 15 is 0 Å². The van der Waals surface area contributed by atoms with Gasteiger partial charge in [-0.3, -0.25) is 4.79 Å². The minimum Gasteiger partial charge on any atom is -0.545 e. The molecule has 0 spiro atoms. The number of carbonyl (C=O) groups excluding carboxylic acids is 2. The number of benzene rings is 1. The van der Waals surface area contributed by atoms with E-state index in [4.69, 9.17) is 0 Å². The molecule has 0 aliphatic carbocycles. The van der Waals surface area contributed by atoms with Crippen LogP contribution in [0.25, 0.3) is 0 Å². The molecule has 106 valence electrons. The van der Waals surface area contributed by atoms with Crippen LogP contribution in [0.2, 0.25) is 0 Å². The smallest absolute Gasteiger partial charge is 0.545 e. The van der Waals surface area contributed by atoms with Gasteiger partial charge in [-0.1, -0.05) is 12.1 Å². The van der Waals surface area contributed by atoms with Crippen LogP contribution >= 0.6 is 0 Å². The van der Waals surface area contributed by atoms with Gasteiger partial charge < -0.3 is 19.7 Å². The van der Waals surface area contributed by atoms with E-state index in [9.17, 15) is 14.7 Å². The topological polar surface area (TPSA) is 63.7 Å². The zero-order valence-corrected chi connectivity index (χ0v) is 12.5. The average molecular weight is 280 g/mol. The Morgan fingerprint density at radius 1 is 1.29 bits per heavy atom. The van der Waals surface area contributed by atoms with Crippen LogP contribution in [0.3, 0.4) is 0 Å². The summed E-state index contributed by atoms with van der Waals surface area (Å²) in [6.07, 6.45) is 1.87. The first-order valence-electron chi connectivity index (χ1n) is 6.92. The molecule has 1 unspecified atom stereocenters. The van der Waals surface area contributed by atoms with Crippen LogP contribution < -0.4 is 28.9 Å². The Morgan fingerprint density at radius 2 is 2.05 bits per heavy atom. The molecule has 21 heavy (non-hydrogen) atoms. The molecule has 6 heteroatoms. The van der Waals surface area contributed by atoms with Gasteiger partial charge in [-0.15, -0.1) is 0 Å². The normalized spacial score (nSPS) is 20.1. The quantitative estimate of drug-likeness (QED) is 0.543. The molecule has 0 N–H and O–H groups in total. The molecule has 0 aromatic heterocycles. The van der Waals surface area contributed by atoms with Crippen molar-refractivity contribution in [3.05, 3.63) is 29.3 Å². The predicted molar refractivity (Wildman–Crippen MR) is 72.5 cm³/mol. The molecule has 0 saturated carbocycles. The van der Waals surface area contributed by atoms with Gasteiger partial charge in [0, 0.05) is 38.3 Å². The van der Waals surface area contributed by atoms with Gasteiger partial charge in [0.2, 0.25) is 5.91 Å². The number of rotatable bonds is 2. The molecular weight excluding hydrogens is 263 g/mol. The third-order valence-corrected chi connectivity index (χ3v) is 4.30. The van der Waals surface area contributed by atoms with Crippen LogP contribution in [0.5, 0.6) is 0 Å². The molecular formula is C15H17LiN2O3. The summed E-state index contributed by atoms with van der Waals surface area (Å²) in [5, 5.41) is 11.0. The number of amides is 1. The van der Waals surface area contributed by atoms with Crippen molar-refractivity contribution in [3.8, 4) is 0 Å². The Morgan fingerprint density at radius 3 is 2.67 bits per heavy atom. The second-order valence-corrected chi connectivity index (χ2v) is 5.48. The summed E-state index contributed by atoms with van der Waals surface area (Å²) in [6, 6.07) is 5.47. The van der Waals surface area contributed by atoms with E-state index in [1.165, 1.54) is 5.56 Å². The largest absolute Gasteiger partial charge is 1.00 e. The molecule has 2 heterocycles. The molecule has 2 aliphatic rings. The van der Waals surface area contributed by atoms with Crippen LogP contribution in [0.1, 0.15) is 29.3 Å². The first-order chi connectivity index (χ1) is 9.56. The summed E-state index contributed by atoms with van der Waals surface area (Å²) < 4.78 is 0. The van der Waals surface area contributed by atoms with Gasteiger partial charge in [0.05, 0.1) is 5.97 Å². The van der Waals surface area contributed by atoms with Crippen molar-refractivity contribution in [2.24, 2.45) is 0 Å². The van der Waals surface area contributed by atoms with Crippen molar-refractivity contribution in [3.63, 3.8) is 0 Å². The molecule has 1 atom stereocenters. The molecule has 1 saturated heterocycles. The summed E-state index contributed by atoms with van der Waals surface area (Å²) in [6.45, 7) is 3.99. The first-order valence-corrected chi connectivity index (χ1v) is 6.92. The van der Waals surface area contributed by atoms with Gasteiger partial charge in [0.1, 0.15) is 0 Å². The zero-order chi connectivity index (χ0) is 14.3.